The third kappa shape index (κ3) is 4.40. The number of hydrogen-bond acceptors (Lipinski definition) is 3. The Labute approximate surface area is 134 Å². The van der Waals surface area contributed by atoms with Gasteiger partial charge in [0, 0.05) is 29.2 Å². The number of aromatic nitrogens is 2. The highest BCUT2D eigenvalue weighted by Crippen LogP contribution is 2.18. The Bertz CT molecular complexity index is 567. The summed E-state index contributed by atoms with van der Waals surface area (Å²) in [6, 6.07) is 10.9. The molecule has 0 aliphatic rings. The number of nitrogens with two attached hydrogens (primary N) is 1. The monoisotopic (exact) mass is 350 g/mol. The molecule has 1 heterocycles. The summed E-state index contributed by atoms with van der Waals surface area (Å²) in [6.07, 6.45) is 4.82. The summed E-state index contributed by atoms with van der Waals surface area (Å²) in [6.45, 7) is 4.35. The molecule has 0 saturated carbocycles. The minimum Gasteiger partial charge on any atom is -0.271 e. The molecule has 0 aliphatic heterocycles. The van der Waals surface area contributed by atoms with Crippen LogP contribution in [0.4, 0.5) is 0 Å². The summed E-state index contributed by atoms with van der Waals surface area (Å²) in [5, 5.41) is 4.64. The second kappa shape index (κ2) is 7.73. The van der Waals surface area contributed by atoms with Gasteiger partial charge in [0.15, 0.2) is 0 Å². The molecule has 1 aromatic heterocycles. The Morgan fingerprint density at radius 3 is 2.71 bits per heavy atom. The van der Waals surface area contributed by atoms with Crippen molar-refractivity contribution in [1.82, 2.24) is 15.2 Å². The van der Waals surface area contributed by atoms with Crippen LogP contribution in [-0.4, -0.2) is 15.8 Å². The van der Waals surface area contributed by atoms with Gasteiger partial charge < -0.3 is 0 Å². The summed E-state index contributed by atoms with van der Waals surface area (Å²) in [5.74, 6) is 5.71. The van der Waals surface area contributed by atoms with Crippen molar-refractivity contribution in [2.24, 2.45) is 5.84 Å². The van der Waals surface area contributed by atoms with E-state index in [-0.39, 0.29) is 6.04 Å². The summed E-state index contributed by atoms with van der Waals surface area (Å²) >= 11 is 3.58. The van der Waals surface area contributed by atoms with E-state index >= 15 is 0 Å². The molecule has 5 heteroatoms. The molecule has 3 N–H and O–H groups in total. The lowest BCUT2D eigenvalue weighted by atomic mass is 10.0. The molecule has 0 aliphatic carbocycles. The van der Waals surface area contributed by atoms with Crippen molar-refractivity contribution in [3.05, 3.63) is 52.3 Å². The first kappa shape index (κ1) is 16.2. The normalized spacial score (nSPS) is 14.1. The standard InChI is InChI=1S/C16H23BrN4/c1-3-12(2)21-9-8-14(20-21)11-15(19-18)10-13-6-4-5-7-16(13)17/h4-9,12,15,19H,3,10-11,18H2,1-2H3. The van der Waals surface area contributed by atoms with E-state index < -0.39 is 0 Å². The molecule has 4 nitrogen and oxygen atoms in total. The first-order valence-corrected chi connectivity index (χ1v) is 8.17. The van der Waals surface area contributed by atoms with Crippen LogP contribution in [0.5, 0.6) is 0 Å². The smallest absolute Gasteiger partial charge is 0.0640 e. The largest absolute Gasteiger partial charge is 0.271 e. The van der Waals surface area contributed by atoms with E-state index in [1.54, 1.807) is 0 Å². The molecule has 2 unspecified atom stereocenters. The maximum Gasteiger partial charge on any atom is 0.0640 e. The molecule has 21 heavy (non-hydrogen) atoms. The number of halogens is 1. The molecule has 2 aromatic rings. The van der Waals surface area contributed by atoms with Gasteiger partial charge in [0.05, 0.1) is 5.69 Å². The van der Waals surface area contributed by atoms with Gasteiger partial charge in [-0.3, -0.25) is 16.0 Å². The fourth-order valence-corrected chi connectivity index (χ4v) is 2.74. The molecule has 0 amide bonds. The van der Waals surface area contributed by atoms with E-state index in [0.29, 0.717) is 6.04 Å². The SMILES string of the molecule is CCC(C)n1ccc(CC(Cc2ccccc2Br)NN)n1. The highest BCUT2D eigenvalue weighted by atomic mass is 79.9. The average molecular weight is 351 g/mol. The molecule has 0 saturated heterocycles. The van der Waals surface area contributed by atoms with E-state index in [0.717, 1.165) is 29.4 Å². The molecule has 2 atom stereocenters. The van der Waals surface area contributed by atoms with Crippen LogP contribution in [0.25, 0.3) is 0 Å². The van der Waals surface area contributed by atoms with Crippen molar-refractivity contribution >= 4 is 15.9 Å². The van der Waals surface area contributed by atoms with Crippen LogP contribution in [0.2, 0.25) is 0 Å². The van der Waals surface area contributed by atoms with Gasteiger partial charge in [0.2, 0.25) is 0 Å². The lowest BCUT2D eigenvalue weighted by Gasteiger charge is -2.16. The molecular formula is C16H23BrN4. The number of nitrogens with one attached hydrogen (secondary N) is 1. The minimum absolute atomic E-state index is 0.170. The molecule has 2 rings (SSSR count). The molecule has 0 radical (unpaired) electrons. The average Bonchev–Trinajstić information content (AvgIpc) is 2.96. The van der Waals surface area contributed by atoms with E-state index in [2.05, 4.69) is 64.7 Å². The highest BCUT2D eigenvalue weighted by molar-refractivity contribution is 9.10. The Balaban J connectivity index is 2.02. The third-order valence-electron chi connectivity index (χ3n) is 3.82. The second-order valence-corrected chi connectivity index (χ2v) is 6.26. The van der Waals surface area contributed by atoms with Crippen molar-refractivity contribution in [3.8, 4) is 0 Å². The van der Waals surface area contributed by atoms with Gasteiger partial charge in [-0.1, -0.05) is 41.1 Å². The van der Waals surface area contributed by atoms with Gasteiger partial charge >= 0.3 is 0 Å². The van der Waals surface area contributed by atoms with E-state index in [9.17, 15) is 0 Å². The highest BCUT2D eigenvalue weighted by Gasteiger charge is 2.13. The Morgan fingerprint density at radius 2 is 2.05 bits per heavy atom. The predicted octanol–water partition coefficient (Wildman–Crippen LogP) is 3.23. The summed E-state index contributed by atoms with van der Waals surface area (Å²) in [7, 11) is 0. The van der Waals surface area contributed by atoms with Crippen LogP contribution in [0.15, 0.2) is 41.0 Å². The van der Waals surface area contributed by atoms with E-state index in [1.165, 1.54) is 5.56 Å². The minimum atomic E-state index is 0.170. The number of benzene rings is 1. The van der Waals surface area contributed by atoms with Gasteiger partial charge in [-0.2, -0.15) is 5.10 Å². The summed E-state index contributed by atoms with van der Waals surface area (Å²) in [5.41, 5.74) is 5.23. The van der Waals surface area contributed by atoms with Gasteiger partial charge in [0.25, 0.3) is 0 Å². The number of nitrogens with zero attached hydrogens (tertiary/aromatic N) is 2. The van der Waals surface area contributed by atoms with Gasteiger partial charge in [-0.15, -0.1) is 0 Å². The van der Waals surface area contributed by atoms with Crippen molar-refractivity contribution in [2.75, 3.05) is 0 Å². The third-order valence-corrected chi connectivity index (χ3v) is 4.60. The first-order valence-electron chi connectivity index (χ1n) is 7.37. The number of hydrazine groups is 1. The van der Waals surface area contributed by atoms with Gasteiger partial charge in [-0.05, 0) is 37.5 Å². The maximum atomic E-state index is 5.71. The van der Waals surface area contributed by atoms with E-state index in [4.69, 9.17) is 5.84 Å². The van der Waals surface area contributed by atoms with Crippen LogP contribution in [0.3, 0.4) is 0 Å². The molecule has 1 aromatic carbocycles. The van der Waals surface area contributed by atoms with Gasteiger partial charge in [-0.25, -0.2) is 0 Å². The van der Waals surface area contributed by atoms with Crippen LogP contribution < -0.4 is 11.3 Å². The quantitative estimate of drug-likeness (QED) is 0.595. The first-order chi connectivity index (χ1) is 10.1. The zero-order chi connectivity index (χ0) is 15.2. The Kier molecular flexibility index (Phi) is 5.96. The lowest BCUT2D eigenvalue weighted by Crippen LogP contribution is -2.38. The van der Waals surface area contributed by atoms with E-state index in [1.807, 2.05) is 16.8 Å². The zero-order valence-corrected chi connectivity index (χ0v) is 14.2. The predicted molar refractivity (Wildman–Crippen MR) is 89.9 cm³/mol. The van der Waals surface area contributed by atoms with Crippen molar-refractivity contribution < 1.29 is 0 Å². The molecular weight excluding hydrogens is 328 g/mol. The van der Waals surface area contributed by atoms with Crippen molar-refractivity contribution in [2.45, 2.75) is 45.2 Å². The second-order valence-electron chi connectivity index (χ2n) is 5.41. The topological polar surface area (TPSA) is 55.9 Å². The van der Waals surface area contributed by atoms with Crippen LogP contribution in [-0.2, 0) is 12.8 Å². The van der Waals surface area contributed by atoms with Crippen LogP contribution in [0, 0.1) is 0 Å². The maximum absolute atomic E-state index is 5.71. The molecule has 0 bridgehead atoms. The van der Waals surface area contributed by atoms with Crippen LogP contribution in [0.1, 0.15) is 37.6 Å². The molecule has 0 spiro atoms. The molecule has 114 valence electrons. The molecule has 0 fully saturated rings. The Hall–Kier alpha value is -1.17. The fourth-order valence-electron chi connectivity index (χ4n) is 2.29. The van der Waals surface area contributed by atoms with Crippen molar-refractivity contribution in [1.29, 1.82) is 0 Å². The summed E-state index contributed by atoms with van der Waals surface area (Å²) in [4.78, 5) is 0. The Morgan fingerprint density at radius 1 is 1.29 bits per heavy atom. The van der Waals surface area contributed by atoms with Crippen molar-refractivity contribution in [3.63, 3.8) is 0 Å². The van der Waals surface area contributed by atoms with Crippen LogP contribution >= 0.6 is 15.9 Å². The summed E-state index contributed by atoms with van der Waals surface area (Å²) < 4.78 is 3.15. The zero-order valence-electron chi connectivity index (χ0n) is 12.6. The fraction of sp³-hybridized carbons (Fsp3) is 0.438. The number of hydrogen-bond donors (Lipinski definition) is 2. The van der Waals surface area contributed by atoms with Gasteiger partial charge in [0.1, 0.15) is 0 Å². The number of rotatable bonds is 7. The lowest BCUT2D eigenvalue weighted by molar-refractivity contribution is 0.464.